The number of esters is 1. The van der Waals surface area contributed by atoms with Crippen LogP contribution in [-0.4, -0.2) is 13.1 Å². The van der Waals surface area contributed by atoms with Gasteiger partial charge >= 0.3 is 5.97 Å². The molecule has 2 unspecified atom stereocenters. The van der Waals surface area contributed by atoms with Crippen molar-refractivity contribution in [3.05, 3.63) is 34.9 Å². The van der Waals surface area contributed by atoms with Gasteiger partial charge in [0.1, 0.15) is 0 Å². The number of ether oxygens (including phenoxy) is 1. The molecule has 0 amide bonds. The largest absolute Gasteiger partial charge is 0.469 e. The number of aryl methyl sites for hydroxylation is 2. The van der Waals surface area contributed by atoms with Gasteiger partial charge in [0.15, 0.2) is 0 Å². The molecule has 0 heterocycles. The Morgan fingerprint density at radius 3 is 2.53 bits per heavy atom. The van der Waals surface area contributed by atoms with Gasteiger partial charge in [-0.3, -0.25) is 4.79 Å². The van der Waals surface area contributed by atoms with Crippen molar-refractivity contribution in [1.29, 1.82) is 0 Å². The zero-order valence-corrected chi connectivity index (χ0v) is 12.5. The lowest BCUT2D eigenvalue weighted by molar-refractivity contribution is -0.152. The highest BCUT2D eigenvalue weighted by Crippen LogP contribution is 2.37. The molecule has 2 rings (SSSR count). The van der Waals surface area contributed by atoms with Gasteiger partial charge in [-0.25, -0.2) is 0 Å². The average Bonchev–Trinajstić information content (AvgIpc) is 2.38. The topological polar surface area (TPSA) is 26.3 Å². The molecule has 19 heavy (non-hydrogen) atoms. The van der Waals surface area contributed by atoms with E-state index < -0.39 is 0 Å². The number of fused-ring (bicyclic) bond motifs is 1. The van der Waals surface area contributed by atoms with Crippen LogP contribution in [0.4, 0.5) is 0 Å². The second-order valence-electron chi connectivity index (χ2n) is 6.04. The van der Waals surface area contributed by atoms with Crippen molar-refractivity contribution >= 4 is 5.97 Å². The average molecular weight is 260 g/mol. The van der Waals surface area contributed by atoms with Gasteiger partial charge in [0.25, 0.3) is 0 Å². The van der Waals surface area contributed by atoms with Gasteiger partial charge in [-0.15, -0.1) is 0 Å². The smallest absolute Gasteiger partial charge is 0.311 e. The molecule has 0 saturated carbocycles. The lowest BCUT2D eigenvalue weighted by atomic mass is 9.76. The highest BCUT2D eigenvalue weighted by Gasteiger charge is 2.34. The number of carbonyl (C=O) groups is 1. The number of benzene rings is 1. The maximum atomic E-state index is 11.9. The number of carbonyl (C=O) groups excluding carboxylic acids is 1. The molecule has 1 aliphatic rings. The fourth-order valence-electron chi connectivity index (χ4n) is 2.93. The van der Waals surface area contributed by atoms with Crippen LogP contribution in [0, 0.1) is 5.41 Å². The molecule has 1 aromatic rings. The van der Waals surface area contributed by atoms with Gasteiger partial charge in [0.05, 0.1) is 12.5 Å². The highest BCUT2D eigenvalue weighted by molar-refractivity contribution is 5.76. The molecular formula is C17H24O2. The monoisotopic (exact) mass is 260 g/mol. The van der Waals surface area contributed by atoms with Crippen molar-refractivity contribution < 1.29 is 9.53 Å². The molecule has 1 aromatic carbocycles. The Bertz CT molecular complexity index is 478. The third-order valence-electron chi connectivity index (χ3n) is 4.68. The van der Waals surface area contributed by atoms with Crippen molar-refractivity contribution in [2.45, 2.75) is 52.4 Å². The molecule has 0 radical (unpaired) electrons. The Kier molecular flexibility index (Phi) is 3.98. The summed E-state index contributed by atoms with van der Waals surface area (Å²) in [6.07, 6.45) is 4.08. The van der Waals surface area contributed by atoms with E-state index in [9.17, 15) is 4.79 Å². The number of rotatable bonds is 5. The van der Waals surface area contributed by atoms with Crippen LogP contribution in [0.2, 0.25) is 0 Å². The molecule has 2 nitrogen and oxygen atoms in total. The molecule has 0 saturated heterocycles. The van der Waals surface area contributed by atoms with E-state index in [1.165, 1.54) is 36.6 Å². The summed E-state index contributed by atoms with van der Waals surface area (Å²) in [7, 11) is 1.48. The molecule has 104 valence electrons. The van der Waals surface area contributed by atoms with E-state index in [2.05, 4.69) is 32.0 Å². The SMILES string of the molecule is CCC(C)(CC(C)c1ccc2c(c1)CC2)C(=O)OC. The molecule has 0 aromatic heterocycles. The first-order valence-corrected chi connectivity index (χ1v) is 7.20. The minimum atomic E-state index is -0.378. The van der Waals surface area contributed by atoms with Crippen LogP contribution in [0.25, 0.3) is 0 Å². The van der Waals surface area contributed by atoms with Crippen molar-refractivity contribution in [3.8, 4) is 0 Å². The second-order valence-corrected chi connectivity index (χ2v) is 6.04. The van der Waals surface area contributed by atoms with Gasteiger partial charge in [0.2, 0.25) is 0 Å². The Labute approximate surface area is 116 Å². The first kappa shape index (κ1) is 14.1. The van der Waals surface area contributed by atoms with Gasteiger partial charge in [0, 0.05) is 0 Å². The lowest BCUT2D eigenvalue weighted by Gasteiger charge is -2.29. The van der Waals surface area contributed by atoms with Crippen molar-refractivity contribution in [2.75, 3.05) is 7.11 Å². The van der Waals surface area contributed by atoms with E-state index in [4.69, 9.17) is 4.74 Å². The van der Waals surface area contributed by atoms with E-state index in [-0.39, 0.29) is 11.4 Å². The standard InChI is InChI=1S/C17H24O2/c1-5-17(3,16(18)19-4)11-12(2)14-8-6-13-7-9-15(13)10-14/h6,8,10,12H,5,7,9,11H2,1-4H3. The molecule has 0 spiro atoms. The molecule has 2 heteroatoms. The predicted octanol–water partition coefficient (Wildman–Crippen LogP) is 3.87. The van der Waals surface area contributed by atoms with Gasteiger partial charge in [-0.2, -0.15) is 0 Å². The Morgan fingerprint density at radius 1 is 1.37 bits per heavy atom. The fraction of sp³-hybridized carbons (Fsp3) is 0.588. The van der Waals surface area contributed by atoms with Crippen molar-refractivity contribution in [2.24, 2.45) is 5.41 Å². The minimum absolute atomic E-state index is 0.0919. The third-order valence-corrected chi connectivity index (χ3v) is 4.68. The molecule has 2 atom stereocenters. The predicted molar refractivity (Wildman–Crippen MR) is 77.3 cm³/mol. The molecule has 1 aliphatic carbocycles. The molecule has 0 bridgehead atoms. The van der Waals surface area contributed by atoms with Crippen LogP contribution >= 0.6 is 0 Å². The lowest BCUT2D eigenvalue weighted by Crippen LogP contribution is -2.30. The Balaban J connectivity index is 2.12. The van der Waals surface area contributed by atoms with E-state index in [0.29, 0.717) is 5.92 Å². The third kappa shape index (κ3) is 2.68. The van der Waals surface area contributed by atoms with Crippen LogP contribution in [0.3, 0.4) is 0 Å². The van der Waals surface area contributed by atoms with Crippen molar-refractivity contribution in [3.63, 3.8) is 0 Å². The molecule has 0 N–H and O–H groups in total. The van der Waals surface area contributed by atoms with E-state index in [1.807, 2.05) is 6.92 Å². The quantitative estimate of drug-likeness (QED) is 0.751. The van der Waals surface area contributed by atoms with Crippen LogP contribution in [0.15, 0.2) is 18.2 Å². The van der Waals surface area contributed by atoms with E-state index in [1.54, 1.807) is 0 Å². The highest BCUT2D eigenvalue weighted by atomic mass is 16.5. The van der Waals surface area contributed by atoms with Gasteiger partial charge < -0.3 is 4.74 Å². The minimum Gasteiger partial charge on any atom is -0.469 e. The van der Waals surface area contributed by atoms with Crippen LogP contribution in [0.1, 0.15) is 56.2 Å². The summed E-state index contributed by atoms with van der Waals surface area (Å²) < 4.78 is 4.96. The summed E-state index contributed by atoms with van der Waals surface area (Å²) in [5.41, 5.74) is 3.95. The zero-order chi connectivity index (χ0) is 14.0. The Morgan fingerprint density at radius 2 is 2.05 bits per heavy atom. The first-order valence-electron chi connectivity index (χ1n) is 7.20. The maximum absolute atomic E-state index is 11.9. The van der Waals surface area contributed by atoms with E-state index >= 15 is 0 Å². The van der Waals surface area contributed by atoms with Gasteiger partial charge in [-0.05, 0) is 55.2 Å². The van der Waals surface area contributed by atoms with Gasteiger partial charge in [-0.1, -0.05) is 32.0 Å². The molecule has 0 fully saturated rings. The van der Waals surface area contributed by atoms with E-state index in [0.717, 1.165) is 12.8 Å². The maximum Gasteiger partial charge on any atom is 0.311 e. The molecular weight excluding hydrogens is 236 g/mol. The second kappa shape index (κ2) is 5.36. The number of hydrogen-bond donors (Lipinski definition) is 0. The molecule has 0 aliphatic heterocycles. The summed E-state index contributed by atoms with van der Waals surface area (Å²) in [6.45, 7) is 6.27. The summed E-state index contributed by atoms with van der Waals surface area (Å²) in [5, 5.41) is 0. The van der Waals surface area contributed by atoms with Crippen molar-refractivity contribution in [1.82, 2.24) is 0 Å². The fourth-order valence-corrected chi connectivity index (χ4v) is 2.93. The number of methoxy groups -OCH3 is 1. The van der Waals surface area contributed by atoms with Crippen LogP contribution < -0.4 is 0 Å². The number of hydrogen-bond acceptors (Lipinski definition) is 2. The Hall–Kier alpha value is -1.31. The van der Waals surface area contributed by atoms with Crippen LogP contribution in [-0.2, 0) is 22.4 Å². The summed E-state index contributed by atoms with van der Waals surface area (Å²) >= 11 is 0. The van der Waals surface area contributed by atoms with Crippen LogP contribution in [0.5, 0.6) is 0 Å². The zero-order valence-electron chi connectivity index (χ0n) is 12.5. The normalized spacial score (nSPS) is 17.9. The summed E-state index contributed by atoms with van der Waals surface area (Å²) in [4.78, 5) is 11.9. The summed E-state index contributed by atoms with van der Waals surface area (Å²) in [6, 6.07) is 6.78. The summed E-state index contributed by atoms with van der Waals surface area (Å²) in [5.74, 6) is 0.292. The first-order chi connectivity index (χ1) is 9.00.